The molecule has 4 nitrogen and oxygen atoms in total. The van der Waals surface area contributed by atoms with E-state index in [1.165, 1.54) is 0 Å². The lowest BCUT2D eigenvalue weighted by Gasteiger charge is -2.32. The second-order valence-corrected chi connectivity index (χ2v) is 5.67. The van der Waals surface area contributed by atoms with Crippen molar-refractivity contribution in [3.05, 3.63) is 27.8 Å². The van der Waals surface area contributed by atoms with E-state index in [1.807, 2.05) is 29.2 Å². The highest BCUT2D eigenvalue weighted by Gasteiger charge is 2.19. The summed E-state index contributed by atoms with van der Waals surface area (Å²) >= 11 is 2.24. The Bertz CT molecular complexity index is 400. The second kappa shape index (κ2) is 6.38. The summed E-state index contributed by atoms with van der Waals surface area (Å²) in [6.07, 6.45) is 0. The van der Waals surface area contributed by atoms with E-state index in [-0.39, 0.29) is 12.5 Å². The van der Waals surface area contributed by atoms with Crippen molar-refractivity contribution in [3.8, 4) is 5.75 Å². The van der Waals surface area contributed by atoms with Crippen LogP contribution in [0.5, 0.6) is 5.75 Å². The number of carbonyl (C=O) groups excluding carboxylic acids is 1. The van der Waals surface area contributed by atoms with E-state index in [9.17, 15) is 4.79 Å². The Morgan fingerprint density at radius 3 is 2.44 bits per heavy atom. The van der Waals surface area contributed by atoms with Crippen LogP contribution in [0.3, 0.4) is 0 Å². The average Bonchev–Trinajstić information content (AvgIpc) is 2.38. The summed E-state index contributed by atoms with van der Waals surface area (Å²) in [5.41, 5.74) is 0. The lowest BCUT2D eigenvalue weighted by atomic mass is 10.3. The molecule has 98 valence electrons. The Hall–Kier alpha value is -0.820. The fourth-order valence-electron chi connectivity index (χ4n) is 1.82. The molecule has 1 fully saturated rings. The van der Waals surface area contributed by atoms with E-state index in [1.54, 1.807) is 0 Å². The van der Waals surface area contributed by atoms with Gasteiger partial charge in [-0.05, 0) is 53.9 Å². The van der Waals surface area contributed by atoms with Crippen molar-refractivity contribution in [2.75, 3.05) is 39.8 Å². The number of hydrogen-bond acceptors (Lipinski definition) is 3. The van der Waals surface area contributed by atoms with Crippen LogP contribution in [-0.2, 0) is 4.79 Å². The van der Waals surface area contributed by atoms with E-state index < -0.39 is 0 Å². The molecule has 1 aliphatic heterocycles. The van der Waals surface area contributed by atoms with E-state index in [2.05, 4.69) is 34.5 Å². The molecule has 1 aromatic carbocycles. The Balaban J connectivity index is 1.79. The van der Waals surface area contributed by atoms with Crippen molar-refractivity contribution >= 4 is 28.5 Å². The molecule has 0 radical (unpaired) electrons. The Morgan fingerprint density at radius 2 is 1.83 bits per heavy atom. The first kappa shape index (κ1) is 13.6. The van der Waals surface area contributed by atoms with Crippen molar-refractivity contribution in [1.82, 2.24) is 9.80 Å². The van der Waals surface area contributed by atoms with Crippen molar-refractivity contribution in [2.24, 2.45) is 0 Å². The third-order valence-corrected chi connectivity index (χ3v) is 3.75. The van der Waals surface area contributed by atoms with E-state index >= 15 is 0 Å². The highest BCUT2D eigenvalue weighted by molar-refractivity contribution is 14.1. The third-order valence-electron chi connectivity index (χ3n) is 3.03. The van der Waals surface area contributed by atoms with Crippen LogP contribution >= 0.6 is 22.6 Å². The van der Waals surface area contributed by atoms with Gasteiger partial charge >= 0.3 is 0 Å². The Kier molecular flexibility index (Phi) is 4.82. The molecule has 0 aliphatic carbocycles. The molecule has 1 heterocycles. The molecule has 5 heteroatoms. The monoisotopic (exact) mass is 360 g/mol. The highest BCUT2D eigenvalue weighted by Crippen LogP contribution is 2.13. The number of carbonyl (C=O) groups is 1. The van der Waals surface area contributed by atoms with E-state index in [0.717, 1.165) is 35.5 Å². The topological polar surface area (TPSA) is 32.8 Å². The quantitative estimate of drug-likeness (QED) is 0.765. The maximum absolute atomic E-state index is 11.9. The Morgan fingerprint density at radius 1 is 1.22 bits per heavy atom. The van der Waals surface area contributed by atoms with Gasteiger partial charge in [0.05, 0.1) is 0 Å². The van der Waals surface area contributed by atoms with Crippen LogP contribution in [0.2, 0.25) is 0 Å². The molecule has 0 atom stereocenters. The normalized spacial score (nSPS) is 16.7. The minimum Gasteiger partial charge on any atom is -0.484 e. The number of rotatable bonds is 3. The van der Waals surface area contributed by atoms with Gasteiger partial charge in [0.2, 0.25) is 0 Å². The Labute approximate surface area is 121 Å². The lowest BCUT2D eigenvalue weighted by Crippen LogP contribution is -2.48. The van der Waals surface area contributed by atoms with Gasteiger partial charge < -0.3 is 14.5 Å². The van der Waals surface area contributed by atoms with Crippen molar-refractivity contribution in [3.63, 3.8) is 0 Å². The molecule has 1 amide bonds. The van der Waals surface area contributed by atoms with Gasteiger partial charge in [0.15, 0.2) is 6.61 Å². The summed E-state index contributed by atoms with van der Waals surface area (Å²) in [6.45, 7) is 3.60. The number of halogens is 1. The molecular weight excluding hydrogens is 343 g/mol. The predicted molar refractivity (Wildman–Crippen MR) is 78.7 cm³/mol. The van der Waals surface area contributed by atoms with Crippen LogP contribution in [0, 0.1) is 3.57 Å². The SMILES string of the molecule is CN1CCN(C(=O)COc2ccc(I)cc2)CC1. The van der Waals surface area contributed by atoms with E-state index in [0.29, 0.717) is 0 Å². The first-order valence-electron chi connectivity index (χ1n) is 6.00. The summed E-state index contributed by atoms with van der Waals surface area (Å²) in [5, 5.41) is 0. The summed E-state index contributed by atoms with van der Waals surface area (Å²) < 4.78 is 6.65. The molecule has 0 spiro atoms. The van der Waals surface area contributed by atoms with E-state index in [4.69, 9.17) is 4.74 Å². The molecule has 1 aromatic rings. The lowest BCUT2D eigenvalue weighted by molar-refractivity contribution is -0.134. The van der Waals surface area contributed by atoms with Crippen LogP contribution in [0.25, 0.3) is 0 Å². The molecule has 0 N–H and O–H groups in total. The zero-order valence-electron chi connectivity index (χ0n) is 10.4. The molecule has 1 aliphatic rings. The maximum atomic E-state index is 11.9. The predicted octanol–water partition coefficient (Wildman–Crippen LogP) is 1.44. The molecule has 0 bridgehead atoms. The molecule has 18 heavy (non-hydrogen) atoms. The maximum Gasteiger partial charge on any atom is 0.260 e. The van der Waals surface area contributed by atoms with Gasteiger partial charge in [0.1, 0.15) is 5.75 Å². The number of amides is 1. The van der Waals surface area contributed by atoms with Gasteiger partial charge in [0.25, 0.3) is 5.91 Å². The first-order chi connectivity index (χ1) is 8.65. The molecule has 1 saturated heterocycles. The molecule has 0 aromatic heterocycles. The third kappa shape index (κ3) is 3.84. The fraction of sp³-hybridized carbons (Fsp3) is 0.462. The van der Waals surface area contributed by atoms with Crippen LogP contribution < -0.4 is 4.74 Å². The van der Waals surface area contributed by atoms with Gasteiger partial charge in [-0.3, -0.25) is 4.79 Å². The van der Waals surface area contributed by atoms with Crippen LogP contribution in [0.1, 0.15) is 0 Å². The first-order valence-corrected chi connectivity index (χ1v) is 7.08. The van der Waals surface area contributed by atoms with Crippen LogP contribution in [0.4, 0.5) is 0 Å². The highest BCUT2D eigenvalue weighted by atomic mass is 127. The minimum atomic E-state index is 0.0710. The van der Waals surface area contributed by atoms with Crippen molar-refractivity contribution in [2.45, 2.75) is 0 Å². The largest absolute Gasteiger partial charge is 0.484 e. The van der Waals surface area contributed by atoms with Crippen molar-refractivity contribution < 1.29 is 9.53 Å². The second-order valence-electron chi connectivity index (χ2n) is 4.43. The molecule has 0 unspecified atom stereocenters. The van der Waals surface area contributed by atoms with Gasteiger partial charge in [0, 0.05) is 29.7 Å². The summed E-state index contributed by atoms with van der Waals surface area (Å²) in [4.78, 5) is 16.0. The molecular formula is C13H17IN2O2. The van der Waals surface area contributed by atoms with Gasteiger partial charge in [-0.15, -0.1) is 0 Å². The number of likely N-dealkylation sites (N-methyl/N-ethyl adjacent to an activating group) is 1. The van der Waals surface area contributed by atoms with Gasteiger partial charge in [-0.2, -0.15) is 0 Å². The number of benzene rings is 1. The van der Waals surface area contributed by atoms with Crippen molar-refractivity contribution in [1.29, 1.82) is 0 Å². The zero-order valence-corrected chi connectivity index (χ0v) is 12.6. The standard InChI is InChI=1S/C13H17IN2O2/c1-15-6-8-16(9-7-15)13(17)10-18-12-4-2-11(14)3-5-12/h2-5H,6-10H2,1H3. The smallest absolute Gasteiger partial charge is 0.260 e. The van der Waals surface area contributed by atoms with Gasteiger partial charge in [-0.1, -0.05) is 0 Å². The summed E-state index contributed by atoms with van der Waals surface area (Å²) in [6, 6.07) is 7.71. The number of hydrogen-bond donors (Lipinski definition) is 0. The number of ether oxygens (including phenoxy) is 1. The number of nitrogens with zero attached hydrogens (tertiary/aromatic N) is 2. The molecule has 0 saturated carbocycles. The van der Waals surface area contributed by atoms with Gasteiger partial charge in [-0.25, -0.2) is 0 Å². The average molecular weight is 360 g/mol. The molecule has 2 rings (SSSR count). The summed E-state index contributed by atoms with van der Waals surface area (Å²) in [7, 11) is 2.07. The van der Waals surface area contributed by atoms with Crippen LogP contribution in [0.15, 0.2) is 24.3 Å². The minimum absolute atomic E-state index is 0.0710. The fourth-order valence-corrected chi connectivity index (χ4v) is 2.18. The zero-order chi connectivity index (χ0) is 13.0. The van der Waals surface area contributed by atoms with Crippen LogP contribution in [-0.4, -0.2) is 55.5 Å². The number of piperazine rings is 1. The summed E-state index contributed by atoms with van der Waals surface area (Å²) in [5.74, 6) is 0.819.